The number of amides is 1. The summed E-state index contributed by atoms with van der Waals surface area (Å²) in [5, 5.41) is 2.77. The molecule has 1 N–H and O–H groups in total. The van der Waals surface area contributed by atoms with E-state index in [4.69, 9.17) is 9.15 Å². The second-order valence-electron chi connectivity index (χ2n) is 5.32. The number of nitrogens with zero attached hydrogens (tertiary/aromatic N) is 1. The zero-order valence-corrected chi connectivity index (χ0v) is 13.8. The fourth-order valence-electron chi connectivity index (χ4n) is 2.38. The van der Waals surface area contributed by atoms with Crippen LogP contribution in [-0.2, 0) is 6.54 Å². The maximum absolute atomic E-state index is 12.4. The van der Waals surface area contributed by atoms with Crippen LogP contribution in [0.2, 0.25) is 0 Å². The molecule has 0 aliphatic rings. The maximum atomic E-state index is 12.4. The molecule has 0 unspecified atom stereocenters. The number of nitrogens with one attached hydrogen (secondary N) is 1. The molecule has 128 valence electrons. The van der Waals surface area contributed by atoms with Gasteiger partial charge in [0.05, 0.1) is 18.8 Å². The van der Waals surface area contributed by atoms with Crippen molar-refractivity contribution in [1.82, 2.24) is 4.57 Å². The van der Waals surface area contributed by atoms with Crippen molar-refractivity contribution in [1.29, 1.82) is 0 Å². The van der Waals surface area contributed by atoms with Gasteiger partial charge in [0.1, 0.15) is 11.5 Å². The van der Waals surface area contributed by atoms with Crippen LogP contribution in [-0.4, -0.2) is 17.1 Å². The Bertz CT molecular complexity index is 927. The van der Waals surface area contributed by atoms with Crippen LogP contribution in [0.5, 0.6) is 5.75 Å². The number of hydrogen-bond donors (Lipinski definition) is 1. The Morgan fingerprint density at radius 2 is 1.92 bits per heavy atom. The van der Waals surface area contributed by atoms with Gasteiger partial charge in [0, 0.05) is 12.3 Å². The molecule has 0 radical (unpaired) electrons. The lowest BCUT2D eigenvalue weighted by molar-refractivity contribution is 0.0994. The number of furan rings is 1. The van der Waals surface area contributed by atoms with E-state index in [9.17, 15) is 9.59 Å². The third-order valence-electron chi connectivity index (χ3n) is 3.55. The molecule has 3 aromatic rings. The minimum atomic E-state index is -0.376. The summed E-state index contributed by atoms with van der Waals surface area (Å²) in [5.41, 5.74) is 0.446. The van der Waals surface area contributed by atoms with E-state index in [-0.39, 0.29) is 23.8 Å². The molecule has 3 rings (SSSR count). The Labute approximate surface area is 144 Å². The molecule has 1 aromatic carbocycles. The van der Waals surface area contributed by atoms with E-state index in [0.29, 0.717) is 23.8 Å². The van der Waals surface area contributed by atoms with Crippen molar-refractivity contribution >= 4 is 11.6 Å². The highest BCUT2D eigenvalue weighted by Gasteiger charge is 2.14. The summed E-state index contributed by atoms with van der Waals surface area (Å²) in [6.45, 7) is 2.65. The number of hydrogen-bond acceptors (Lipinski definition) is 4. The zero-order chi connectivity index (χ0) is 17.6. The minimum Gasteiger partial charge on any atom is -0.492 e. The molecule has 1 amide bonds. The molecule has 0 saturated heterocycles. The first-order valence-corrected chi connectivity index (χ1v) is 7.94. The van der Waals surface area contributed by atoms with Crippen molar-refractivity contribution in [3.63, 3.8) is 0 Å². The second kappa shape index (κ2) is 7.53. The number of ether oxygens (including phenoxy) is 1. The quantitative estimate of drug-likeness (QED) is 0.749. The van der Waals surface area contributed by atoms with Crippen molar-refractivity contribution in [3.8, 4) is 5.75 Å². The van der Waals surface area contributed by atoms with Gasteiger partial charge >= 0.3 is 0 Å². The highest BCUT2D eigenvalue weighted by atomic mass is 16.5. The first-order valence-electron chi connectivity index (χ1n) is 7.94. The van der Waals surface area contributed by atoms with Crippen LogP contribution in [0.3, 0.4) is 0 Å². The van der Waals surface area contributed by atoms with Crippen molar-refractivity contribution in [2.75, 3.05) is 11.9 Å². The monoisotopic (exact) mass is 338 g/mol. The van der Waals surface area contributed by atoms with Crippen molar-refractivity contribution in [3.05, 3.63) is 82.7 Å². The second-order valence-corrected chi connectivity index (χ2v) is 5.32. The molecule has 2 aromatic heterocycles. The smallest absolute Gasteiger partial charge is 0.291 e. The van der Waals surface area contributed by atoms with Crippen molar-refractivity contribution in [2.45, 2.75) is 13.5 Å². The third kappa shape index (κ3) is 3.98. The van der Waals surface area contributed by atoms with Gasteiger partial charge in [-0.2, -0.15) is 0 Å². The summed E-state index contributed by atoms with van der Waals surface area (Å²) in [6.07, 6.45) is 1.67. The highest BCUT2D eigenvalue weighted by molar-refractivity contribution is 6.03. The van der Waals surface area contributed by atoms with Crippen LogP contribution < -0.4 is 15.6 Å². The summed E-state index contributed by atoms with van der Waals surface area (Å²) in [6, 6.07) is 15.4. The van der Waals surface area contributed by atoms with Gasteiger partial charge < -0.3 is 19.0 Å². The number of pyridine rings is 1. The molecule has 25 heavy (non-hydrogen) atoms. The molecule has 0 fully saturated rings. The molecule has 6 nitrogen and oxygen atoms in total. The van der Waals surface area contributed by atoms with Gasteiger partial charge in [-0.3, -0.25) is 9.59 Å². The summed E-state index contributed by atoms with van der Waals surface area (Å²) in [4.78, 5) is 24.1. The molecule has 6 heteroatoms. The third-order valence-corrected chi connectivity index (χ3v) is 3.55. The van der Waals surface area contributed by atoms with E-state index in [2.05, 4.69) is 5.32 Å². The number of benzene rings is 1. The number of rotatable bonds is 6. The van der Waals surface area contributed by atoms with Gasteiger partial charge in [0.25, 0.3) is 11.5 Å². The lowest BCUT2D eigenvalue weighted by Gasteiger charge is -2.10. The number of aromatic nitrogens is 1. The Hall–Kier alpha value is -3.28. The summed E-state index contributed by atoms with van der Waals surface area (Å²) in [7, 11) is 0. The first-order chi connectivity index (χ1) is 12.2. The molecule has 0 aliphatic heterocycles. The molecule has 0 aliphatic carbocycles. The summed E-state index contributed by atoms with van der Waals surface area (Å²) < 4.78 is 12.6. The Balaban J connectivity index is 1.73. The maximum Gasteiger partial charge on any atom is 0.291 e. The van der Waals surface area contributed by atoms with Crippen LogP contribution in [0.15, 0.2) is 70.0 Å². The van der Waals surface area contributed by atoms with E-state index in [1.807, 2.05) is 19.1 Å². The number of carbonyl (C=O) groups is 1. The summed E-state index contributed by atoms with van der Waals surface area (Å²) in [5.74, 6) is 0.918. The van der Waals surface area contributed by atoms with E-state index in [1.165, 1.54) is 10.6 Å². The largest absolute Gasteiger partial charge is 0.492 e. The zero-order valence-electron chi connectivity index (χ0n) is 13.8. The van der Waals surface area contributed by atoms with Crippen LogP contribution >= 0.6 is 0 Å². The number of anilines is 1. The van der Waals surface area contributed by atoms with Gasteiger partial charge in [0.15, 0.2) is 5.76 Å². The van der Waals surface area contributed by atoms with E-state index < -0.39 is 0 Å². The fourth-order valence-corrected chi connectivity index (χ4v) is 2.38. The summed E-state index contributed by atoms with van der Waals surface area (Å²) >= 11 is 0. The van der Waals surface area contributed by atoms with E-state index >= 15 is 0 Å². The molecule has 0 saturated carbocycles. The Kier molecular flexibility index (Phi) is 4.99. The normalized spacial score (nSPS) is 10.4. The molecule has 0 bridgehead atoms. The average Bonchev–Trinajstić information content (AvgIpc) is 3.08. The van der Waals surface area contributed by atoms with E-state index in [1.54, 1.807) is 42.6 Å². The van der Waals surface area contributed by atoms with Crippen LogP contribution in [0.25, 0.3) is 0 Å². The molecule has 0 spiro atoms. The molecule has 0 atom stereocenters. The Morgan fingerprint density at radius 1 is 1.12 bits per heavy atom. The average molecular weight is 338 g/mol. The number of para-hydroxylation sites is 2. The van der Waals surface area contributed by atoms with Gasteiger partial charge in [-0.15, -0.1) is 0 Å². The van der Waals surface area contributed by atoms with Crippen LogP contribution in [0, 0.1) is 0 Å². The lowest BCUT2D eigenvalue weighted by Crippen LogP contribution is -2.18. The topological polar surface area (TPSA) is 73.5 Å². The van der Waals surface area contributed by atoms with Gasteiger partial charge in [-0.05, 0) is 37.3 Å². The predicted octanol–water partition coefficient (Wildman–Crippen LogP) is 3.14. The minimum absolute atomic E-state index is 0.129. The first kappa shape index (κ1) is 16.6. The van der Waals surface area contributed by atoms with E-state index in [0.717, 1.165) is 0 Å². The molecular weight excluding hydrogens is 320 g/mol. The van der Waals surface area contributed by atoms with Crippen LogP contribution in [0.1, 0.15) is 23.2 Å². The molecular formula is C19H18N2O4. The SMILES string of the molecule is CCOc1ccccc1NC(=O)c1ccc(Cn2ccccc2=O)o1. The fraction of sp³-hybridized carbons (Fsp3) is 0.158. The van der Waals surface area contributed by atoms with Gasteiger partial charge in [-0.25, -0.2) is 0 Å². The van der Waals surface area contributed by atoms with Crippen molar-refractivity contribution in [2.24, 2.45) is 0 Å². The van der Waals surface area contributed by atoms with Gasteiger partial charge in [0.2, 0.25) is 0 Å². The number of carbonyl (C=O) groups excluding carboxylic acids is 1. The highest BCUT2D eigenvalue weighted by Crippen LogP contribution is 2.24. The van der Waals surface area contributed by atoms with Gasteiger partial charge in [-0.1, -0.05) is 18.2 Å². The standard InChI is InChI=1S/C19H18N2O4/c1-2-24-16-8-4-3-7-15(16)20-19(23)17-11-10-14(25-17)13-21-12-6-5-9-18(21)22/h3-12H,2,13H2,1H3,(H,20,23). The Morgan fingerprint density at radius 3 is 2.72 bits per heavy atom. The van der Waals surface area contributed by atoms with Crippen molar-refractivity contribution < 1.29 is 13.9 Å². The lowest BCUT2D eigenvalue weighted by atomic mass is 10.3. The molecule has 2 heterocycles. The van der Waals surface area contributed by atoms with Crippen LogP contribution in [0.4, 0.5) is 5.69 Å². The predicted molar refractivity (Wildman–Crippen MR) is 94.1 cm³/mol.